The molecule has 0 saturated carbocycles. The molecule has 0 spiro atoms. The summed E-state index contributed by atoms with van der Waals surface area (Å²) < 4.78 is 41.0. The summed E-state index contributed by atoms with van der Waals surface area (Å²) in [5, 5.41) is 2.59. The van der Waals surface area contributed by atoms with Crippen LogP contribution >= 0.6 is 0 Å². The van der Waals surface area contributed by atoms with E-state index in [1.165, 1.54) is 0 Å². The third-order valence-electron chi connectivity index (χ3n) is 6.56. The molecule has 2 aromatic carbocycles. The van der Waals surface area contributed by atoms with E-state index in [4.69, 9.17) is 0 Å². The summed E-state index contributed by atoms with van der Waals surface area (Å²) in [6.07, 6.45) is 4.14. The van der Waals surface area contributed by atoms with Crippen LogP contribution in [0.3, 0.4) is 0 Å². The molecule has 1 aromatic heterocycles. The molecule has 0 radical (unpaired) electrons. The standard InChI is InChI=1S/C28H29F3N4O2/c1-28(2,3)24-16-32-23(15-33-24)27(37)35-12-10-18(11-13-35)17-4-6-19(7-5-17)34-25(36)14-20-21(29)8-9-22(30)26(20)31/h4-9,15-16,18H,10-14H2,1-3H3,(H,34,36). The maximum atomic E-state index is 13.8. The molecular weight excluding hydrogens is 481 g/mol. The summed E-state index contributed by atoms with van der Waals surface area (Å²) in [4.78, 5) is 35.6. The van der Waals surface area contributed by atoms with Crippen molar-refractivity contribution in [2.24, 2.45) is 0 Å². The maximum Gasteiger partial charge on any atom is 0.274 e. The Morgan fingerprint density at radius 2 is 1.59 bits per heavy atom. The van der Waals surface area contributed by atoms with E-state index < -0.39 is 35.3 Å². The van der Waals surface area contributed by atoms with Crippen LogP contribution in [-0.4, -0.2) is 39.8 Å². The van der Waals surface area contributed by atoms with Crippen molar-refractivity contribution in [3.05, 3.63) is 88.8 Å². The minimum Gasteiger partial charge on any atom is -0.337 e. The number of piperidine rings is 1. The van der Waals surface area contributed by atoms with Gasteiger partial charge < -0.3 is 10.2 Å². The van der Waals surface area contributed by atoms with Gasteiger partial charge in [-0.25, -0.2) is 18.2 Å². The number of amides is 2. The minimum absolute atomic E-state index is 0.129. The van der Waals surface area contributed by atoms with Crippen molar-refractivity contribution in [1.29, 1.82) is 0 Å². The van der Waals surface area contributed by atoms with Crippen molar-refractivity contribution < 1.29 is 22.8 Å². The Kier molecular flexibility index (Phi) is 7.61. The number of aromatic nitrogens is 2. The van der Waals surface area contributed by atoms with Crippen LogP contribution in [0.25, 0.3) is 0 Å². The van der Waals surface area contributed by atoms with Crippen molar-refractivity contribution in [3.8, 4) is 0 Å². The zero-order chi connectivity index (χ0) is 26.7. The van der Waals surface area contributed by atoms with Gasteiger partial charge in [0.1, 0.15) is 11.5 Å². The van der Waals surface area contributed by atoms with E-state index in [1.54, 1.807) is 29.4 Å². The molecule has 1 aliphatic heterocycles. The van der Waals surface area contributed by atoms with Gasteiger partial charge in [0.25, 0.3) is 5.91 Å². The van der Waals surface area contributed by atoms with Crippen molar-refractivity contribution in [3.63, 3.8) is 0 Å². The van der Waals surface area contributed by atoms with Gasteiger partial charge in [-0.2, -0.15) is 0 Å². The van der Waals surface area contributed by atoms with Crippen molar-refractivity contribution in [1.82, 2.24) is 14.9 Å². The molecule has 1 fully saturated rings. The second kappa shape index (κ2) is 10.7. The van der Waals surface area contributed by atoms with Gasteiger partial charge in [-0.3, -0.25) is 14.6 Å². The van der Waals surface area contributed by atoms with E-state index in [1.807, 2.05) is 32.9 Å². The number of hydrogen-bond acceptors (Lipinski definition) is 4. The van der Waals surface area contributed by atoms with Gasteiger partial charge in [0, 0.05) is 36.0 Å². The molecule has 0 unspecified atom stereocenters. The molecule has 2 heterocycles. The summed E-state index contributed by atoms with van der Waals surface area (Å²) in [6, 6.07) is 8.69. The number of benzene rings is 2. The SMILES string of the molecule is CC(C)(C)c1cnc(C(=O)N2CCC(c3ccc(NC(=O)Cc4c(F)ccc(F)c4F)cc3)CC2)cn1. The highest BCUT2D eigenvalue weighted by atomic mass is 19.2. The summed E-state index contributed by atoms with van der Waals surface area (Å²) >= 11 is 0. The lowest BCUT2D eigenvalue weighted by Crippen LogP contribution is -2.38. The highest BCUT2D eigenvalue weighted by Crippen LogP contribution is 2.29. The number of anilines is 1. The van der Waals surface area contributed by atoms with E-state index in [2.05, 4.69) is 15.3 Å². The maximum absolute atomic E-state index is 13.8. The monoisotopic (exact) mass is 510 g/mol. The predicted molar refractivity (Wildman–Crippen MR) is 134 cm³/mol. The van der Waals surface area contributed by atoms with Crippen LogP contribution in [0.4, 0.5) is 18.9 Å². The number of nitrogens with zero attached hydrogens (tertiary/aromatic N) is 3. The lowest BCUT2D eigenvalue weighted by Gasteiger charge is -2.32. The van der Waals surface area contributed by atoms with Crippen LogP contribution < -0.4 is 5.32 Å². The molecule has 3 aromatic rings. The van der Waals surface area contributed by atoms with Crippen LogP contribution in [0.15, 0.2) is 48.8 Å². The third kappa shape index (κ3) is 6.15. The fraction of sp³-hybridized carbons (Fsp3) is 0.357. The molecule has 194 valence electrons. The number of carbonyl (C=O) groups excluding carboxylic acids is 2. The zero-order valence-corrected chi connectivity index (χ0v) is 21.0. The first-order valence-electron chi connectivity index (χ1n) is 12.2. The Morgan fingerprint density at radius 1 is 0.946 bits per heavy atom. The molecule has 0 atom stereocenters. The van der Waals surface area contributed by atoms with E-state index in [-0.39, 0.29) is 17.2 Å². The van der Waals surface area contributed by atoms with E-state index in [0.29, 0.717) is 30.5 Å². The zero-order valence-electron chi connectivity index (χ0n) is 21.0. The lowest BCUT2D eigenvalue weighted by atomic mass is 9.89. The number of likely N-dealkylation sites (tertiary alicyclic amines) is 1. The molecule has 1 N–H and O–H groups in total. The molecule has 0 aliphatic carbocycles. The topological polar surface area (TPSA) is 75.2 Å². The third-order valence-corrected chi connectivity index (χ3v) is 6.56. The Hall–Kier alpha value is -3.75. The van der Waals surface area contributed by atoms with Gasteiger partial charge >= 0.3 is 0 Å². The summed E-state index contributed by atoms with van der Waals surface area (Å²) in [7, 11) is 0. The van der Waals surface area contributed by atoms with Crippen LogP contribution in [0.1, 0.15) is 66.8 Å². The number of carbonyl (C=O) groups is 2. The van der Waals surface area contributed by atoms with E-state index in [9.17, 15) is 22.8 Å². The number of halogens is 3. The fourth-order valence-electron chi connectivity index (χ4n) is 4.34. The molecule has 4 rings (SSSR count). The fourth-order valence-corrected chi connectivity index (χ4v) is 4.34. The van der Waals surface area contributed by atoms with Gasteiger partial charge in [-0.15, -0.1) is 0 Å². The van der Waals surface area contributed by atoms with Crippen molar-refractivity contribution in [2.75, 3.05) is 18.4 Å². The summed E-state index contributed by atoms with van der Waals surface area (Å²) in [5.41, 5.74) is 1.96. The number of nitrogens with one attached hydrogen (secondary N) is 1. The largest absolute Gasteiger partial charge is 0.337 e. The van der Waals surface area contributed by atoms with E-state index >= 15 is 0 Å². The molecule has 2 amide bonds. The Bertz CT molecular complexity index is 1280. The minimum atomic E-state index is -1.36. The number of hydrogen-bond donors (Lipinski definition) is 1. The highest BCUT2D eigenvalue weighted by molar-refractivity contribution is 5.92. The molecule has 6 nitrogen and oxygen atoms in total. The predicted octanol–water partition coefficient (Wildman–Crippen LogP) is 5.39. The Morgan fingerprint density at radius 3 is 2.19 bits per heavy atom. The van der Waals surface area contributed by atoms with Crippen molar-refractivity contribution in [2.45, 2.75) is 51.4 Å². The van der Waals surface area contributed by atoms with E-state index in [0.717, 1.165) is 30.2 Å². The molecule has 9 heteroatoms. The second-order valence-corrected chi connectivity index (χ2v) is 10.3. The molecule has 0 bridgehead atoms. The first-order chi connectivity index (χ1) is 17.5. The number of rotatable bonds is 5. The quantitative estimate of drug-likeness (QED) is 0.467. The van der Waals surface area contributed by atoms with Gasteiger partial charge in [0.2, 0.25) is 5.91 Å². The smallest absolute Gasteiger partial charge is 0.274 e. The molecule has 1 aliphatic rings. The van der Waals surface area contributed by atoms with Crippen LogP contribution in [0.5, 0.6) is 0 Å². The highest BCUT2D eigenvalue weighted by Gasteiger charge is 2.26. The summed E-state index contributed by atoms with van der Waals surface area (Å²) in [6.45, 7) is 7.31. The average molecular weight is 511 g/mol. The van der Waals surface area contributed by atoms with Crippen LogP contribution in [0, 0.1) is 17.5 Å². The normalized spacial score (nSPS) is 14.5. The first-order valence-corrected chi connectivity index (χ1v) is 12.2. The Balaban J connectivity index is 1.31. The molecule has 37 heavy (non-hydrogen) atoms. The first kappa shape index (κ1) is 26.3. The van der Waals surface area contributed by atoms with Crippen LogP contribution in [-0.2, 0) is 16.6 Å². The van der Waals surface area contributed by atoms with Crippen LogP contribution in [0.2, 0.25) is 0 Å². The average Bonchev–Trinajstić information content (AvgIpc) is 2.88. The van der Waals surface area contributed by atoms with Crippen molar-refractivity contribution >= 4 is 17.5 Å². The molecule has 1 saturated heterocycles. The summed E-state index contributed by atoms with van der Waals surface area (Å²) in [5.74, 6) is -4.06. The second-order valence-electron chi connectivity index (χ2n) is 10.3. The Labute approximate surface area is 213 Å². The lowest BCUT2D eigenvalue weighted by molar-refractivity contribution is -0.115. The molecular formula is C28H29F3N4O2. The van der Waals surface area contributed by atoms with Gasteiger partial charge in [-0.1, -0.05) is 32.9 Å². The van der Waals surface area contributed by atoms with Gasteiger partial charge in [0.05, 0.1) is 18.3 Å². The van der Waals surface area contributed by atoms with Gasteiger partial charge in [0.15, 0.2) is 11.6 Å². The van der Waals surface area contributed by atoms with Gasteiger partial charge in [-0.05, 0) is 48.6 Å².